The number of anilines is 2. The monoisotopic (exact) mass is 474 g/mol. The third-order valence-corrected chi connectivity index (χ3v) is 6.10. The molecule has 34 heavy (non-hydrogen) atoms. The molecule has 0 fully saturated rings. The standard InChI is InChI=1S/C25H22F4N2O3/c1-30-21(13-15-9-11-16(12-10-15)24(33)34)23(32)31(20-8-4-7-19(26)22(20)30)14-17-5-2-3-6-18(17)25(27,28)29/h2-12,21,23,32H,13-14H2,1H3,(H,33,34). The number of alkyl halides is 3. The number of benzene rings is 3. The van der Waals surface area contributed by atoms with E-state index in [1.165, 1.54) is 47.4 Å². The highest BCUT2D eigenvalue weighted by Gasteiger charge is 2.40. The van der Waals surface area contributed by atoms with Gasteiger partial charge >= 0.3 is 12.1 Å². The summed E-state index contributed by atoms with van der Waals surface area (Å²) >= 11 is 0. The maximum Gasteiger partial charge on any atom is 0.416 e. The highest BCUT2D eigenvalue weighted by Crippen LogP contribution is 2.41. The van der Waals surface area contributed by atoms with Crippen LogP contribution in [0.1, 0.15) is 27.0 Å². The Morgan fingerprint density at radius 2 is 1.68 bits per heavy atom. The summed E-state index contributed by atoms with van der Waals surface area (Å²) in [7, 11) is 1.61. The first-order valence-corrected chi connectivity index (χ1v) is 10.5. The molecule has 0 saturated carbocycles. The van der Waals surface area contributed by atoms with Crippen molar-refractivity contribution >= 4 is 17.3 Å². The third kappa shape index (κ3) is 4.43. The van der Waals surface area contributed by atoms with Crippen LogP contribution in [0, 0.1) is 5.82 Å². The average Bonchev–Trinajstić information content (AvgIpc) is 2.79. The lowest BCUT2D eigenvalue weighted by Crippen LogP contribution is -2.56. The molecule has 178 valence electrons. The number of likely N-dealkylation sites (N-methyl/N-ethyl adjacent to an activating group) is 1. The molecular weight excluding hydrogens is 452 g/mol. The molecule has 0 radical (unpaired) electrons. The van der Waals surface area contributed by atoms with Crippen LogP contribution in [0.2, 0.25) is 0 Å². The van der Waals surface area contributed by atoms with Crippen LogP contribution in [-0.4, -0.2) is 35.5 Å². The largest absolute Gasteiger partial charge is 0.478 e. The lowest BCUT2D eigenvalue weighted by molar-refractivity contribution is -0.138. The van der Waals surface area contributed by atoms with E-state index in [2.05, 4.69) is 0 Å². The number of nitrogens with zero attached hydrogens (tertiary/aromatic N) is 2. The molecule has 1 heterocycles. The van der Waals surface area contributed by atoms with Crippen molar-refractivity contribution in [3.8, 4) is 0 Å². The summed E-state index contributed by atoms with van der Waals surface area (Å²) < 4.78 is 55.6. The van der Waals surface area contributed by atoms with E-state index in [0.717, 1.165) is 6.07 Å². The van der Waals surface area contributed by atoms with E-state index in [1.54, 1.807) is 30.1 Å². The lowest BCUT2D eigenvalue weighted by Gasteiger charge is -2.47. The van der Waals surface area contributed by atoms with Crippen molar-refractivity contribution in [2.45, 2.75) is 31.4 Å². The van der Waals surface area contributed by atoms with Crippen LogP contribution in [0.4, 0.5) is 28.9 Å². The first-order valence-electron chi connectivity index (χ1n) is 10.5. The van der Waals surface area contributed by atoms with Crippen molar-refractivity contribution in [3.63, 3.8) is 0 Å². The molecule has 0 aromatic heterocycles. The van der Waals surface area contributed by atoms with Gasteiger partial charge in [-0.1, -0.05) is 36.4 Å². The molecule has 4 rings (SSSR count). The number of para-hydroxylation sites is 1. The molecule has 1 aliphatic rings. The van der Waals surface area contributed by atoms with Crippen LogP contribution in [0.5, 0.6) is 0 Å². The number of hydrogen-bond acceptors (Lipinski definition) is 4. The van der Waals surface area contributed by atoms with Gasteiger partial charge in [0.05, 0.1) is 28.5 Å². The molecule has 2 unspecified atom stereocenters. The van der Waals surface area contributed by atoms with Gasteiger partial charge in [-0.15, -0.1) is 0 Å². The number of aromatic carboxylic acids is 1. The topological polar surface area (TPSA) is 64.0 Å². The Kier molecular flexibility index (Phi) is 6.22. The maximum absolute atomic E-state index is 14.9. The number of carboxylic acid groups (broad SMARTS) is 1. The number of carboxylic acids is 1. The fourth-order valence-electron chi connectivity index (χ4n) is 4.37. The van der Waals surface area contributed by atoms with Crippen molar-refractivity contribution in [3.05, 3.63) is 94.8 Å². The number of aliphatic hydroxyl groups is 1. The number of carbonyl (C=O) groups is 1. The zero-order chi connectivity index (χ0) is 24.6. The summed E-state index contributed by atoms with van der Waals surface area (Å²) in [6.45, 7) is -0.282. The molecule has 0 spiro atoms. The van der Waals surface area contributed by atoms with Crippen LogP contribution < -0.4 is 9.80 Å². The first-order chi connectivity index (χ1) is 16.1. The smallest absolute Gasteiger partial charge is 0.416 e. The fraction of sp³-hybridized carbons (Fsp3) is 0.240. The molecule has 3 aromatic carbocycles. The van der Waals surface area contributed by atoms with Gasteiger partial charge in [0.2, 0.25) is 0 Å². The molecule has 9 heteroatoms. The van der Waals surface area contributed by atoms with Crippen molar-refractivity contribution in [2.24, 2.45) is 0 Å². The normalized spacial score (nSPS) is 18.1. The molecule has 0 amide bonds. The van der Waals surface area contributed by atoms with Crippen LogP contribution >= 0.6 is 0 Å². The van der Waals surface area contributed by atoms with E-state index < -0.39 is 35.8 Å². The molecule has 5 nitrogen and oxygen atoms in total. The van der Waals surface area contributed by atoms with Gasteiger partial charge in [0, 0.05) is 13.6 Å². The molecular formula is C25H22F4N2O3. The number of fused-ring (bicyclic) bond motifs is 1. The van der Waals surface area contributed by atoms with Gasteiger partial charge in [-0.25, -0.2) is 9.18 Å². The second-order valence-corrected chi connectivity index (χ2v) is 8.19. The van der Waals surface area contributed by atoms with Crippen LogP contribution in [0.25, 0.3) is 0 Å². The minimum absolute atomic E-state index is 0.0432. The van der Waals surface area contributed by atoms with E-state index in [0.29, 0.717) is 5.56 Å². The summed E-state index contributed by atoms with van der Waals surface area (Å²) in [5.74, 6) is -1.64. The van der Waals surface area contributed by atoms with Gasteiger partial charge < -0.3 is 20.0 Å². The molecule has 0 bridgehead atoms. The van der Waals surface area contributed by atoms with E-state index >= 15 is 0 Å². The van der Waals surface area contributed by atoms with Gasteiger partial charge in [-0.3, -0.25) is 0 Å². The first kappa shape index (κ1) is 23.6. The highest BCUT2D eigenvalue weighted by atomic mass is 19.4. The number of aliphatic hydroxyl groups excluding tert-OH is 1. The minimum atomic E-state index is -4.58. The van der Waals surface area contributed by atoms with Crippen LogP contribution in [-0.2, 0) is 19.1 Å². The Labute approximate surface area is 193 Å². The van der Waals surface area contributed by atoms with Gasteiger partial charge in [-0.2, -0.15) is 13.2 Å². The maximum atomic E-state index is 14.9. The Morgan fingerprint density at radius 3 is 2.32 bits per heavy atom. The summed E-state index contributed by atoms with van der Waals surface area (Å²) in [4.78, 5) is 14.1. The molecule has 1 aliphatic heterocycles. The van der Waals surface area contributed by atoms with Gasteiger partial charge in [0.15, 0.2) is 0 Å². The van der Waals surface area contributed by atoms with E-state index in [1.807, 2.05) is 0 Å². The summed E-state index contributed by atoms with van der Waals surface area (Å²) in [5, 5.41) is 20.4. The molecule has 3 aromatic rings. The Bertz CT molecular complexity index is 1200. The predicted molar refractivity (Wildman–Crippen MR) is 119 cm³/mol. The van der Waals surface area contributed by atoms with Crippen LogP contribution in [0.15, 0.2) is 66.7 Å². The SMILES string of the molecule is CN1c2c(F)cccc2N(Cc2ccccc2C(F)(F)F)C(O)C1Cc1ccc(C(=O)O)cc1. The van der Waals surface area contributed by atoms with Crippen LogP contribution in [0.3, 0.4) is 0 Å². The van der Waals surface area contributed by atoms with Gasteiger partial charge in [-0.05, 0) is 47.9 Å². The van der Waals surface area contributed by atoms with Crippen molar-refractivity contribution < 1.29 is 32.6 Å². The number of hydrogen-bond donors (Lipinski definition) is 2. The molecule has 2 atom stereocenters. The quantitative estimate of drug-likeness (QED) is 0.514. The van der Waals surface area contributed by atoms with Crippen molar-refractivity contribution in [1.82, 2.24) is 0 Å². The number of rotatable bonds is 5. The van der Waals surface area contributed by atoms with E-state index in [4.69, 9.17) is 5.11 Å². The average molecular weight is 474 g/mol. The van der Waals surface area contributed by atoms with Crippen molar-refractivity contribution in [2.75, 3.05) is 16.8 Å². The Morgan fingerprint density at radius 1 is 1.00 bits per heavy atom. The summed E-state index contributed by atoms with van der Waals surface area (Å²) in [6, 6.07) is 14.7. The van der Waals surface area contributed by atoms with E-state index in [-0.39, 0.29) is 35.5 Å². The lowest BCUT2D eigenvalue weighted by atomic mass is 9.96. The Balaban J connectivity index is 1.73. The molecule has 0 aliphatic carbocycles. The minimum Gasteiger partial charge on any atom is -0.478 e. The molecule has 0 saturated heterocycles. The summed E-state index contributed by atoms with van der Waals surface area (Å²) in [6.07, 6.45) is -5.63. The van der Waals surface area contributed by atoms with Gasteiger partial charge in [0.1, 0.15) is 12.0 Å². The van der Waals surface area contributed by atoms with E-state index in [9.17, 15) is 27.5 Å². The second-order valence-electron chi connectivity index (χ2n) is 8.19. The van der Waals surface area contributed by atoms with Crippen molar-refractivity contribution in [1.29, 1.82) is 0 Å². The zero-order valence-electron chi connectivity index (χ0n) is 18.1. The second kappa shape index (κ2) is 8.98. The van der Waals surface area contributed by atoms with Gasteiger partial charge in [0.25, 0.3) is 0 Å². The summed E-state index contributed by atoms with van der Waals surface area (Å²) in [5.41, 5.74) is 0.381. The predicted octanol–water partition coefficient (Wildman–Crippen LogP) is 4.93. The molecule has 2 N–H and O–H groups in total. The zero-order valence-corrected chi connectivity index (χ0v) is 18.1. The highest BCUT2D eigenvalue weighted by molar-refractivity contribution is 5.87. The third-order valence-electron chi connectivity index (χ3n) is 6.10. The fourth-order valence-corrected chi connectivity index (χ4v) is 4.37. The Hall–Kier alpha value is -3.59. The number of halogens is 4.